The van der Waals surface area contributed by atoms with E-state index in [4.69, 9.17) is 10.5 Å². The van der Waals surface area contributed by atoms with Crippen LogP contribution in [0.3, 0.4) is 0 Å². The molecule has 0 aromatic heterocycles. The highest BCUT2D eigenvalue weighted by molar-refractivity contribution is 5.09. The third-order valence-electron chi connectivity index (χ3n) is 3.08. The van der Waals surface area contributed by atoms with Crippen LogP contribution in [0, 0.1) is 5.92 Å². The molecule has 15 heavy (non-hydrogen) atoms. The minimum atomic E-state index is 0.0104. The van der Waals surface area contributed by atoms with E-state index in [-0.39, 0.29) is 5.54 Å². The summed E-state index contributed by atoms with van der Waals surface area (Å²) >= 11 is 0. The SMILES string of the molecule is CCCCOC[C@H]1C[C@]1(N)CNC(C)C. The Morgan fingerprint density at radius 1 is 1.53 bits per heavy atom. The number of nitrogens with one attached hydrogen (secondary N) is 1. The molecule has 0 unspecified atom stereocenters. The molecule has 0 aliphatic heterocycles. The van der Waals surface area contributed by atoms with Crippen molar-refractivity contribution in [2.45, 2.75) is 51.6 Å². The summed E-state index contributed by atoms with van der Waals surface area (Å²) in [6, 6.07) is 0.521. The predicted molar refractivity (Wildman–Crippen MR) is 63.9 cm³/mol. The monoisotopic (exact) mass is 214 g/mol. The van der Waals surface area contributed by atoms with E-state index in [1.165, 1.54) is 6.42 Å². The standard InChI is InChI=1S/C12H26N2O/c1-4-5-6-15-8-11-7-12(11,13)9-14-10(2)3/h10-11,14H,4-9,13H2,1-3H3/t11-,12+/m1/s1. The van der Waals surface area contributed by atoms with Crippen molar-refractivity contribution in [2.24, 2.45) is 11.7 Å². The molecule has 1 aliphatic carbocycles. The van der Waals surface area contributed by atoms with Crippen LogP contribution in [-0.4, -0.2) is 31.3 Å². The van der Waals surface area contributed by atoms with E-state index in [1.807, 2.05) is 0 Å². The molecule has 0 aromatic rings. The largest absolute Gasteiger partial charge is 0.381 e. The number of hydrogen-bond acceptors (Lipinski definition) is 3. The summed E-state index contributed by atoms with van der Waals surface area (Å²) in [6.45, 7) is 9.14. The quantitative estimate of drug-likeness (QED) is 0.602. The molecule has 0 amide bonds. The van der Waals surface area contributed by atoms with Crippen LogP contribution in [0.1, 0.15) is 40.0 Å². The van der Waals surface area contributed by atoms with Crippen LogP contribution in [-0.2, 0) is 4.74 Å². The highest BCUT2D eigenvalue weighted by atomic mass is 16.5. The van der Waals surface area contributed by atoms with Crippen molar-refractivity contribution in [3.05, 3.63) is 0 Å². The maximum absolute atomic E-state index is 6.21. The van der Waals surface area contributed by atoms with Gasteiger partial charge in [-0.15, -0.1) is 0 Å². The van der Waals surface area contributed by atoms with Gasteiger partial charge in [0.05, 0.1) is 6.61 Å². The Kier molecular flexibility index (Phi) is 5.03. The molecular weight excluding hydrogens is 188 g/mol. The van der Waals surface area contributed by atoms with Gasteiger partial charge in [-0.3, -0.25) is 0 Å². The summed E-state index contributed by atoms with van der Waals surface area (Å²) < 4.78 is 5.59. The maximum atomic E-state index is 6.21. The average Bonchev–Trinajstić information content (AvgIpc) is 2.83. The van der Waals surface area contributed by atoms with E-state index in [9.17, 15) is 0 Å². The van der Waals surface area contributed by atoms with Gasteiger partial charge in [0, 0.05) is 30.7 Å². The second kappa shape index (κ2) is 5.83. The van der Waals surface area contributed by atoms with Crippen molar-refractivity contribution in [3.8, 4) is 0 Å². The van der Waals surface area contributed by atoms with Crippen LogP contribution in [0.2, 0.25) is 0 Å². The van der Waals surface area contributed by atoms with Crippen molar-refractivity contribution >= 4 is 0 Å². The second-order valence-electron chi connectivity index (χ2n) is 5.10. The van der Waals surface area contributed by atoms with E-state index >= 15 is 0 Å². The van der Waals surface area contributed by atoms with Crippen molar-refractivity contribution in [3.63, 3.8) is 0 Å². The molecule has 0 spiro atoms. The Morgan fingerprint density at radius 2 is 2.27 bits per heavy atom. The molecule has 0 heterocycles. The first-order valence-electron chi connectivity index (χ1n) is 6.18. The van der Waals surface area contributed by atoms with Crippen molar-refractivity contribution in [1.29, 1.82) is 0 Å². The maximum Gasteiger partial charge on any atom is 0.0513 e. The number of unbranched alkanes of at least 4 members (excludes halogenated alkanes) is 1. The van der Waals surface area contributed by atoms with Crippen LogP contribution in [0.4, 0.5) is 0 Å². The predicted octanol–water partition coefficient (Wildman–Crippen LogP) is 1.52. The van der Waals surface area contributed by atoms with Crippen LogP contribution in [0.15, 0.2) is 0 Å². The minimum absolute atomic E-state index is 0.0104. The van der Waals surface area contributed by atoms with Gasteiger partial charge >= 0.3 is 0 Å². The fourth-order valence-corrected chi connectivity index (χ4v) is 1.71. The van der Waals surface area contributed by atoms with Gasteiger partial charge in [-0.05, 0) is 12.8 Å². The molecule has 1 rings (SSSR count). The lowest BCUT2D eigenvalue weighted by atomic mass is 10.2. The zero-order valence-corrected chi connectivity index (χ0v) is 10.4. The molecule has 3 nitrogen and oxygen atoms in total. The van der Waals surface area contributed by atoms with Gasteiger partial charge in [0.15, 0.2) is 0 Å². The summed E-state index contributed by atoms with van der Waals surface area (Å²) in [7, 11) is 0. The van der Waals surface area contributed by atoms with Crippen molar-refractivity contribution in [2.75, 3.05) is 19.8 Å². The lowest BCUT2D eigenvalue weighted by molar-refractivity contribution is 0.116. The van der Waals surface area contributed by atoms with Gasteiger partial charge in [0.2, 0.25) is 0 Å². The average molecular weight is 214 g/mol. The van der Waals surface area contributed by atoms with Gasteiger partial charge < -0.3 is 15.8 Å². The van der Waals surface area contributed by atoms with E-state index < -0.39 is 0 Å². The molecule has 90 valence electrons. The Labute approximate surface area is 93.8 Å². The zero-order valence-electron chi connectivity index (χ0n) is 10.4. The minimum Gasteiger partial charge on any atom is -0.381 e. The Balaban J connectivity index is 2.04. The van der Waals surface area contributed by atoms with E-state index in [2.05, 4.69) is 26.1 Å². The van der Waals surface area contributed by atoms with Crippen LogP contribution in [0.25, 0.3) is 0 Å². The van der Waals surface area contributed by atoms with Gasteiger partial charge in [-0.1, -0.05) is 27.2 Å². The molecule has 3 heteroatoms. The smallest absolute Gasteiger partial charge is 0.0513 e. The fourth-order valence-electron chi connectivity index (χ4n) is 1.71. The molecule has 0 radical (unpaired) electrons. The summed E-state index contributed by atoms with van der Waals surface area (Å²) in [5.74, 6) is 0.570. The van der Waals surface area contributed by atoms with Gasteiger partial charge in [0.1, 0.15) is 0 Å². The summed E-state index contributed by atoms with van der Waals surface area (Å²) in [5, 5.41) is 3.40. The van der Waals surface area contributed by atoms with Gasteiger partial charge in [-0.25, -0.2) is 0 Å². The summed E-state index contributed by atoms with van der Waals surface area (Å²) in [6.07, 6.45) is 3.47. The third kappa shape index (κ3) is 4.49. The van der Waals surface area contributed by atoms with Crippen LogP contribution in [0.5, 0.6) is 0 Å². The number of rotatable bonds is 8. The molecule has 3 N–H and O–H groups in total. The first-order valence-corrected chi connectivity index (χ1v) is 6.18. The van der Waals surface area contributed by atoms with Gasteiger partial charge in [0.25, 0.3) is 0 Å². The summed E-state index contributed by atoms with van der Waals surface area (Å²) in [4.78, 5) is 0. The molecule has 0 aromatic carbocycles. The first-order chi connectivity index (χ1) is 7.08. The molecule has 1 aliphatic rings. The Bertz CT molecular complexity index is 184. The molecule has 1 saturated carbocycles. The molecular formula is C12H26N2O. The molecule has 2 atom stereocenters. The van der Waals surface area contributed by atoms with Gasteiger partial charge in [-0.2, -0.15) is 0 Å². The highest BCUT2D eigenvalue weighted by Gasteiger charge is 2.50. The Hall–Kier alpha value is -0.120. The Morgan fingerprint density at radius 3 is 2.87 bits per heavy atom. The third-order valence-corrected chi connectivity index (χ3v) is 3.08. The van der Waals surface area contributed by atoms with E-state index in [1.54, 1.807) is 0 Å². The number of nitrogens with two attached hydrogens (primary N) is 1. The van der Waals surface area contributed by atoms with E-state index in [0.717, 1.165) is 32.6 Å². The topological polar surface area (TPSA) is 47.3 Å². The zero-order chi connectivity index (χ0) is 11.3. The van der Waals surface area contributed by atoms with Crippen LogP contribution >= 0.6 is 0 Å². The number of hydrogen-bond donors (Lipinski definition) is 2. The molecule has 0 bridgehead atoms. The lowest BCUT2D eigenvalue weighted by Crippen LogP contribution is -2.41. The normalized spacial score (nSPS) is 29.8. The fraction of sp³-hybridized carbons (Fsp3) is 1.00. The lowest BCUT2D eigenvalue weighted by Gasteiger charge is -2.15. The number of ether oxygens (including phenoxy) is 1. The second-order valence-corrected chi connectivity index (χ2v) is 5.10. The first kappa shape index (κ1) is 12.9. The molecule has 0 saturated heterocycles. The van der Waals surface area contributed by atoms with Crippen LogP contribution < -0.4 is 11.1 Å². The van der Waals surface area contributed by atoms with Crippen molar-refractivity contribution < 1.29 is 4.74 Å². The van der Waals surface area contributed by atoms with E-state index in [0.29, 0.717) is 12.0 Å². The molecule has 1 fully saturated rings. The van der Waals surface area contributed by atoms with Crippen molar-refractivity contribution in [1.82, 2.24) is 5.32 Å². The summed E-state index contributed by atoms with van der Waals surface area (Å²) in [5.41, 5.74) is 6.22. The highest BCUT2D eigenvalue weighted by Crippen LogP contribution is 2.40.